The molecule has 8 nitrogen and oxygen atoms in total. The Labute approximate surface area is 192 Å². The molecule has 0 radical (unpaired) electrons. The third-order valence-electron chi connectivity index (χ3n) is 5.50. The number of ether oxygens (including phenoxy) is 1. The van der Waals surface area contributed by atoms with Crippen LogP contribution in [0.2, 0.25) is 0 Å². The lowest BCUT2D eigenvalue weighted by Gasteiger charge is -2.20. The molecule has 8 heteroatoms. The quantitative estimate of drug-likeness (QED) is 0.410. The number of hydrogen-bond acceptors (Lipinski definition) is 5. The zero-order chi connectivity index (χ0) is 24.0. The van der Waals surface area contributed by atoms with Gasteiger partial charge in [-0.15, -0.1) is 0 Å². The van der Waals surface area contributed by atoms with Gasteiger partial charge in [0.15, 0.2) is 5.78 Å². The van der Waals surface area contributed by atoms with Crippen molar-refractivity contribution in [3.05, 3.63) is 64.2 Å². The van der Waals surface area contributed by atoms with Crippen LogP contribution in [0.3, 0.4) is 0 Å². The second kappa shape index (κ2) is 10.6. The molecule has 0 saturated heterocycles. The molecule has 1 unspecified atom stereocenters. The van der Waals surface area contributed by atoms with Crippen molar-refractivity contribution in [2.75, 3.05) is 7.11 Å². The van der Waals surface area contributed by atoms with E-state index in [2.05, 4.69) is 15.3 Å². The molecule has 0 aliphatic carbocycles. The number of Topliss-reactive ketones (excluding diaryl/α,β-unsaturated/α-hetero) is 1. The molecule has 0 aliphatic rings. The number of rotatable bonds is 10. The Hall–Kier alpha value is -3.86. The molecule has 2 atom stereocenters. The summed E-state index contributed by atoms with van der Waals surface area (Å²) in [4.78, 5) is 43.7. The summed E-state index contributed by atoms with van der Waals surface area (Å²) in [5.74, 6) is -0.330. The van der Waals surface area contributed by atoms with Crippen LogP contribution in [0.15, 0.2) is 47.4 Å². The highest BCUT2D eigenvalue weighted by molar-refractivity contribution is 6.02. The highest BCUT2D eigenvalue weighted by Gasteiger charge is 2.27. The highest BCUT2D eigenvalue weighted by Crippen LogP contribution is 2.27. The number of aromatic nitrogens is 2. The first kappa shape index (κ1) is 23.8. The lowest BCUT2D eigenvalue weighted by atomic mass is 9.90. The second-order valence-corrected chi connectivity index (χ2v) is 8.48. The number of amides is 1. The van der Waals surface area contributed by atoms with E-state index in [0.29, 0.717) is 23.4 Å². The van der Waals surface area contributed by atoms with Gasteiger partial charge < -0.3 is 20.0 Å². The van der Waals surface area contributed by atoms with E-state index in [4.69, 9.17) is 4.74 Å². The maximum Gasteiger partial charge on any atom is 0.251 e. The van der Waals surface area contributed by atoms with Crippen molar-refractivity contribution in [3.8, 4) is 11.8 Å². The van der Waals surface area contributed by atoms with Gasteiger partial charge in [-0.3, -0.25) is 14.4 Å². The van der Waals surface area contributed by atoms with Gasteiger partial charge in [0.2, 0.25) is 5.91 Å². The summed E-state index contributed by atoms with van der Waals surface area (Å²) in [5.41, 5.74) is 1.30. The van der Waals surface area contributed by atoms with Crippen LogP contribution in [0.5, 0.6) is 5.75 Å². The average Bonchev–Trinajstić information content (AvgIpc) is 3.24. The fraction of sp³-hybridized carbons (Fsp3) is 0.360. The van der Waals surface area contributed by atoms with Gasteiger partial charge in [0.1, 0.15) is 11.8 Å². The maximum absolute atomic E-state index is 13.0. The first-order chi connectivity index (χ1) is 15.8. The summed E-state index contributed by atoms with van der Waals surface area (Å²) in [6, 6.07) is 11.7. The van der Waals surface area contributed by atoms with Crippen molar-refractivity contribution in [1.29, 1.82) is 5.26 Å². The van der Waals surface area contributed by atoms with Crippen LogP contribution < -0.4 is 15.6 Å². The maximum atomic E-state index is 13.0. The molecule has 0 fully saturated rings. The van der Waals surface area contributed by atoms with E-state index in [1.807, 2.05) is 38.1 Å². The number of benzene rings is 1. The molecule has 0 aliphatic heterocycles. The summed E-state index contributed by atoms with van der Waals surface area (Å²) in [5, 5.41) is 13.0. The van der Waals surface area contributed by atoms with E-state index in [0.717, 1.165) is 10.9 Å². The van der Waals surface area contributed by atoms with Crippen molar-refractivity contribution >= 4 is 22.6 Å². The zero-order valence-corrected chi connectivity index (χ0v) is 19.0. The van der Waals surface area contributed by atoms with E-state index < -0.39 is 12.0 Å². The lowest BCUT2D eigenvalue weighted by molar-refractivity contribution is -0.125. The molecule has 0 saturated carbocycles. The normalized spacial score (nSPS) is 12.8. The molecule has 0 bridgehead atoms. The van der Waals surface area contributed by atoms with Gasteiger partial charge in [0, 0.05) is 41.4 Å². The Bertz CT molecular complexity index is 1230. The number of nitriles is 1. The fourth-order valence-electron chi connectivity index (χ4n) is 3.90. The van der Waals surface area contributed by atoms with Crippen molar-refractivity contribution < 1.29 is 14.3 Å². The molecule has 2 aromatic heterocycles. The smallest absolute Gasteiger partial charge is 0.251 e. The SMILES string of the molecule is COc1cccc2[nH]c(C(=O)C[C@@H](CC(C)C)C(=O)NC(C#N)Cc3ccc[nH]c3=O)cc12. The number of carbonyl (C=O) groups is 2. The van der Waals surface area contributed by atoms with Crippen LogP contribution in [-0.4, -0.2) is 34.8 Å². The largest absolute Gasteiger partial charge is 0.496 e. The minimum atomic E-state index is -0.872. The second-order valence-electron chi connectivity index (χ2n) is 8.48. The third kappa shape index (κ3) is 5.89. The summed E-state index contributed by atoms with van der Waals surface area (Å²) >= 11 is 0. The minimum absolute atomic E-state index is 0.00319. The molecular formula is C25H28N4O4. The number of pyridine rings is 1. The first-order valence-electron chi connectivity index (χ1n) is 10.9. The van der Waals surface area contributed by atoms with Crippen LogP contribution in [0, 0.1) is 23.2 Å². The first-order valence-corrected chi connectivity index (χ1v) is 10.9. The molecule has 3 aromatic rings. The molecule has 3 rings (SSSR count). The molecule has 2 heterocycles. The highest BCUT2D eigenvalue weighted by atomic mass is 16.5. The van der Waals surface area contributed by atoms with Crippen LogP contribution in [0.25, 0.3) is 10.9 Å². The summed E-state index contributed by atoms with van der Waals surface area (Å²) in [6.45, 7) is 3.95. The van der Waals surface area contributed by atoms with Crippen LogP contribution in [-0.2, 0) is 11.2 Å². The molecule has 0 spiro atoms. The van der Waals surface area contributed by atoms with Crippen LogP contribution >= 0.6 is 0 Å². The van der Waals surface area contributed by atoms with E-state index >= 15 is 0 Å². The van der Waals surface area contributed by atoms with E-state index in [9.17, 15) is 19.6 Å². The number of nitrogens with one attached hydrogen (secondary N) is 3. The molecule has 172 valence electrons. The standard InChI is InChI=1S/C25H28N4O4/c1-15(2)10-17(25(32)28-18(14-26)11-16-6-5-9-27-24(16)31)12-22(30)21-13-19-20(29-21)7-4-8-23(19)33-3/h4-9,13,15,17-18,29H,10-12H2,1-3H3,(H,27,31)(H,28,32)/t17-,18?/m1/s1. The predicted octanol–water partition coefficient (Wildman–Crippen LogP) is 3.35. The number of methoxy groups -OCH3 is 1. The van der Waals surface area contributed by atoms with Crippen molar-refractivity contribution in [3.63, 3.8) is 0 Å². The fourth-order valence-corrected chi connectivity index (χ4v) is 3.90. The molecular weight excluding hydrogens is 420 g/mol. The number of H-pyrrole nitrogens is 2. The Morgan fingerprint density at radius 2 is 2.00 bits per heavy atom. The van der Waals surface area contributed by atoms with E-state index in [1.54, 1.807) is 25.3 Å². The number of fused-ring (bicyclic) bond motifs is 1. The van der Waals surface area contributed by atoms with Crippen LogP contribution in [0.4, 0.5) is 0 Å². The number of hydrogen-bond donors (Lipinski definition) is 3. The Morgan fingerprint density at radius 1 is 1.21 bits per heavy atom. The Morgan fingerprint density at radius 3 is 2.67 bits per heavy atom. The van der Waals surface area contributed by atoms with Crippen LogP contribution in [0.1, 0.15) is 42.7 Å². The molecule has 3 N–H and O–H groups in total. The summed E-state index contributed by atoms with van der Waals surface area (Å²) in [6.07, 6.45) is 2.09. The summed E-state index contributed by atoms with van der Waals surface area (Å²) < 4.78 is 5.36. The van der Waals surface area contributed by atoms with E-state index in [1.165, 1.54) is 6.20 Å². The Balaban J connectivity index is 1.75. The lowest BCUT2D eigenvalue weighted by Crippen LogP contribution is -2.41. The van der Waals surface area contributed by atoms with Gasteiger partial charge in [-0.05, 0) is 36.6 Å². The molecule has 1 aromatic carbocycles. The van der Waals surface area contributed by atoms with Gasteiger partial charge in [0.25, 0.3) is 5.56 Å². The number of aromatic amines is 2. The molecule has 1 amide bonds. The van der Waals surface area contributed by atoms with Gasteiger partial charge in [-0.1, -0.05) is 26.0 Å². The predicted molar refractivity (Wildman–Crippen MR) is 125 cm³/mol. The number of carbonyl (C=O) groups excluding carboxylic acids is 2. The number of ketones is 1. The minimum Gasteiger partial charge on any atom is -0.496 e. The van der Waals surface area contributed by atoms with Gasteiger partial charge in [-0.2, -0.15) is 5.26 Å². The monoisotopic (exact) mass is 448 g/mol. The van der Waals surface area contributed by atoms with Gasteiger partial charge in [-0.25, -0.2) is 0 Å². The van der Waals surface area contributed by atoms with Crippen molar-refractivity contribution in [1.82, 2.24) is 15.3 Å². The van der Waals surface area contributed by atoms with Crippen molar-refractivity contribution in [2.24, 2.45) is 11.8 Å². The zero-order valence-electron chi connectivity index (χ0n) is 19.0. The van der Waals surface area contributed by atoms with Crippen molar-refractivity contribution in [2.45, 2.75) is 39.2 Å². The number of nitrogens with zero attached hydrogens (tertiary/aromatic N) is 1. The summed E-state index contributed by atoms with van der Waals surface area (Å²) in [7, 11) is 1.57. The average molecular weight is 449 g/mol. The third-order valence-corrected chi connectivity index (χ3v) is 5.50. The van der Waals surface area contributed by atoms with E-state index in [-0.39, 0.29) is 36.0 Å². The Kier molecular flexibility index (Phi) is 7.67. The van der Waals surface area contributed by atoms with Gasteiger partial charge in [0.05, 0.1) is 18.9 Å². The topological polar surface area (TPSA) is 128 Å². The molecule has 33 heavy (non-hydrogen) atoms. The van der Waals surface area contributed by atoms with Gasteiger partial charge >= 0.3 is 0 Å².